The Morgan fingerprint density at radius 3 is 2.39 bits per heavy atom. The highest BCUT2D eigenvalue weighted by Gasteiger charge is 2.34. The van der Waals surface area contributed by atoms with Gasteiger partial charge in [-0.15, -0.1) is 0 Å². The van der Waals surface area contributed by atoms with Crippen LogP contribution in [-0.4, -0.2) is 53.6 Å². The van der Waals surface area contributed by atoms with Crippen molar-refractivity contribution in [2.24, 2.45) is 17.4 Å². The SMILES string of the molecule is NCCCCN1CCC(C(N)(O)CCCO)CC1. The second-order valence-electron chi connectivity index (χ2n) is 5.43. The molecule has 0 spiro atoms. The number of aliphatic hydroxyl groups is 2. The van der Waals surface area contributed by atoms with Crippen LogP contribution in [0.1, 0.15) is 38.5 Å². The van der Waals surface area contributed by atoms with Gasteiger partial charge in [0.05, 0.1) is 0 Å². The second-order valence-corrected chi connectivity index (χ2v) is 5.43. The maximum absolute atomic E-state index is 10.2. The van der Waals surface area contributed by atoms with E-state index >= 15 is 0 Å². The number of likely N-dealkylation sites (tertiary alicyclic amines) is 1. The number of rotatable bonds is 8. The molecular formula is C13H29N3O2. The number of nitrogens with two attached hydrogens (primary N) is 2. The van der Waals surface area contributed by atoms with Crippen molar-refractivity contribution in [3.8, 4) is 0 Å². The fraction of sp³-hybridized carbons (Fsp3) is 1.00. The number of aliphatic hydroxyl groups excluding tert-OH is 1. The Kier molecular flexibility index (Phi) is 7.11. The van der Waals surface area contributed by atoms with E-state index < -0.39 is 5.72 Å². The molecule has 0 aromatic carbocycles. The van der Waals surface area contributed by atoms with Gasteiger partial charge in [-0.2, -0.15) is 0 Å². The number of unbranched alkanes of at least 4 members (excludes halogenated alkanes) is 1. The highest BCUT2D eigenvalue weighted by Crippen LogP contribution is 2.28. The third kappa shape index (κ3) is 5.20. The number of hydrogen-bond acceptors (Lipinski definition) is 5. The maximum atomic E-state index is 10.2. The Labute approximate surface area is 110 Å². The minimum atomic E-state index is -1.11. The third-order valence-electron chi connectivity index (χ3n) is 3.96. The first kappa shape index (κ1) is 15.9. The molecule has 5 heteroatoms. The molecule has 0 radical (unpaired) electrons. The van der Waals surface area contributed by atoms with Gasteiger partial charge in [0.1, 0.15) is 5.72 Å². The highest BCUT2D eigenvalue weighted by atomic mass is 16.3. The van der Waals surface area contributed by atoms with Gasteiger partial charge in [0.25, 0.3) is 0 Å². The molecule has 1 fully saturated rings. The van der Waals surface area contributed by atoms with Gasteiger partial charge in [-0.1, -0.05) is 0 Å². The molecule has 108 valence electrons. The van der Waals surface area contributed by atoms with Crippen molar-refractivity contribution in [3.63, 3.8) is 0 Å². The minimum Gasteiger partial charge on any atom is -0.396 e. The maximum Gasteiger partial charge on any atom is 0.116 e. The smallest absolute Gasteiger partial charge is 0.116 e. The van der Waals surface area contributed by atoms with Crippen LogP contribution < -0.4 is 11.5 Å². The average Bonchev–Trinajstić information content (AvgIpc) is 2.37. The fourth-order valence-electron chi connectivity index (χ4n) is 2.70. The normalized spacial score (nSPS) is 22.0. The highest BCUT2D eigenvalue weighted by molar-refractivity contribution is 4.85. The standard InChI is InChI=1S/C13H29N3O2/c14-7-1-2-8-16-9-4-12(5-10-16)13(15,18)6-3-11-17/h12,17-18H,1-11,14-15H2. The van der Waals surface area contributed by atoms with Crippen LogP contribution in [0.3, 0.4) is 0 Å². The number of nitrogens with zero attached hydrogens (tertiary/aromatic N) is 1. The summed E-state index contributed by atoms with van der Waals surface area (Å²) in [5.74, 6) is 0.162. The molecule has 1 rings (SSSR count). The van der Waals surface area contributed by atoms with Crippen LogP contribution in [0.15, 0.2) is 0 Å². The lowest BCUT2D eigenvalue weighted by atomic mass is 9.84. The molecule has 0 bridgehead atoms. The van der Waals surface area contributed by atoms with E-state index in [-0.39, 0.29) is 12.5 Å². The van der Waals surface area contributed by atoms with Gasteiger partial charge >= 0.3 is 0 Å². The fourth-order valence-corrected chi connectivity index (χ4v) is 2.70. The molecule has 0 saturated carbocycles. The molecule has 1 aliphatic heterocycles. The van der Waals surface area contributed by atoms with Crippen molar-refractivity contribution >= 4 is 0 Å². The summed E-state index contributed by atoms with van der Waals surface area (Å²) in [7, 11) is 0. The minimum absolute atomic E-state index is 0.0947. The Balaban J connectivity index is 2.25. The third-order valence-corrected chi connectivity index (χ3v) is 3.96. The van der Waals surface area contributed by atoms with Gasteiger partial charge < -0.3 is 26.6 Å². The predicted molar refractivity (Wildman–Crippen MR) is 72.9 cm³/mol. The van der Waals surface area contributed by atoms with E-state index in [1.165, 1.54) is 0 Å². The summed E-state index contributed by atoms with van der Waals surface area (Å²) in [6, 6.07) is 0. The lowest BCUT2D eigenvalue weighted by Crippen LogP contribution is -2.51. The van der Waals surface area contributed by atoms with E-state index in [4.69, 9.17) is 16.6 Å². The van der Waals surface area contributed by atoms with Gasteiger partial charge in [-0.3, -0.25) is 0 Å². The van der Waals surface area contributed by atoms with E-state index in [1.54, 1.807) is 0 Å². The first-order valence-corrected chi connectivity index (χ1v) is 7.14. The summed E-state index contributed by atoms with van der Waals surface area (Å²) in [6.45, 7) is 3.98. The van der Waals surface area contributed by atoms with Gasteiger partial charge in [-0.05, 0) is 64.7 Å². The summed E-state index contributed by atoms with van der Waals surface area (Å²) in [6.07, 6.45) is 5.18. The molecule has 0 aromatic rings. The largest absolute Gasteiger partial charge is 0.396 e. The Hall–Kier alpha value is -0.200. The second kappa shape index (κ2) is 8.07. The van der Waals surface area contributed by atoms with Gasteiger partial charge in [0.15, 0.2) is 0 Å². The molecule has 1 heterocycles. The Bertz CT molecular complexity index is 216. The van der Waals surface area contributed by atoms with Gasteiger partial charge in [0.2, 0.25) is 0 Å². The molecule has 1 aliphatic rings. The lowest BCUT2D eigenvalue weighted by Gasteiger charge is -2.39. The summed E-state index contributed by atoms with van der Waals surface area (Å²) >= 11 is 0. The van der Waals surface area contributed by atoms with Crippen molar-refractivity contribution < 1.29 is 10.2 Å². The molecule has 0 amide bonds. The molecule has 1 saturated heterocycles. The quantitative estimate of drug-likeness (QED) is 0.359. The average molecular weight is 259 g/mol. The molecule has 5 nitrogen and oxygen atoms in total. The van der Waals surface area contributed by atoms with E-state index in [1.807, 2.05) is 0 Å². The summed E-state index contributed by atoms with van der Waals surface area (Å²) in [5.41, 5.74) is 10.3. The van der Waals surface area contributed by atoms with Crippen molar-refractivity contribution in [2.75, 3.05) is 32.8 Å². The number of piperidine rings is 1. The van der Waals surface area contributed by atoms with E-state index in [9.17, 15) is 5.11 Å². The summed E-state index contributed by atoms with van der Waals surface area (Å²) in [4.78, 5) is 2.42. The van der Waals surface area contributed by atoms with Gasteiger partial charge in [0, 0.05) is 12.5 Å². The first-order chi connectivity index (χ1) is 8.60. The monoisotopic (exact) mass is 259 g/mol. The Morgan fingerprint density at radius 2 is 1.83 bits per heavy atom. The molecular weight excluding hydrogens is 230 g/mol. The summed E-state index contributed by atoms with van der Waals surface area (Å²) in [5, 5.41) is 19.0. The number of hydrogen-bond donors (Lipinski definition) is 4. The zero-order valence-corrected chi connectivity index (χ0v) is 11.4. The van der Waals surface area contributed by atoms with Crippen molar-refractivity contribution in [1.29, 1.82) is 0 Å². The van der Waals surface area contributed by atoms with Crippen LogP contribution in [0.4, 0.5) is 0 Å². The topological polar surface area (TPSA) is 95.7 Å². The van der Waals surface area contributed by atoms with Crippen molar-refractivity contribution in [2.45, 2.75) is 44.2 Å². The van der Waals surface area contributed by atoms with Crippen LogP contribution in [0, 0.1) is 5.92 Å². The molecule has 0 aliphatic carbocycles. The van der Waals surface area contributed by atoms with Crippen LogP contribution in [0.2, 0.25) is 0 Å². The first-order valence-electron chi connectivity index (χ1n) is 7.14. The zero-order chi connectivity index (χ0) is 13.4. The summed E-state index contributed by atoms with van der Waals surface area (Å²) < 4.78 is 0. The zero-order valence-electron chi connectivity index (χ0n) is 11.4. The van der Waals surface area contributed by atoms with Crippen LogP contribution in [-0.2, 0) is 0 Å². The Morgan fingerprint density at radius 1 is 1.17 bits per heavy atom. The van der Waals surface area contributed by atoms with E-state index in [0.29, 0.717) is 12.8 Å². The van der Waals surface area contributed by atoms with Crippen molar-refractivity contribution in [1.82, 2.24) is 4.90 Å². The van der Waals surface area contributed by atoms with E-state index in [2.05, 4.69) is 4.90 Å². The molecule has 0 aromatic heterocycles. The van der Waals surface area contributed by atoms with Crippen molar-refractivity contribution in [3.05, 3.63) is 0 Å². The predicted octanol–water partition coefficient (Wildman–Crippen LogP) is -0.143. The molecule has 18 heavy (non-hydrogen) atoms. The molecule has 1 unspecified atom stereocenters. The van der Waals surface area contributed by atoms with Crippen LogP contribution in [0.25, 0.3) is 0 Å². The molecule has 1 atom stereocenters. The lowest BCUT2D eigenvalue weighted by molar-refractivity contribution is -0.0482. The van der Waals surface area contributed by atoms with Gasteiger partial charge in [-0.25, -0.2) is 0 Å². The van der Waals surface area contributed by atoms with Crippen LogP contribution >= 0.6 is 0 Å². The van der Waals surface area contributed by atoms with Crippen LogP contribution in [0.5, 0.6) is 0 Å². The van der Waals surface area contributed by atoms with E-state index in [0.717, 1.165) is 51.9 Å². The molecule has 6 N–H and O–H groups in total.